The average Bonchev–Trinajstić information content (AvgIpc) is 2.26. The minimum absolute atomic E-state index is 0.322. The van der Waals surface area contributed by atoms with Crippen LogP contribution in [0.15, 0.2) is 42.5 Å². The second kappa shape index (κ2) is 6.13. The summed E-state index contributed by atoms with van der Waals surface area (Å²) in [4.78, 5) is 4.14. The van der Waals surface area contributed by atoms with E-state index in [1.165, 1.54) is 0 Å². The number of benzene rings is 1. The lowest BCUT2D eigenvalue weighted by molar-refractivity contribution is 0.475. The monoisotopic (exact) mass is 235 g/mol. The standard InChI is InChI=1S/C7H8ClN.C6H6O/c1-5-3-4-7(8)6(2)9-5;7-6-4-2-1-3-5-6/h3-4H,1-2H3;1-5,7H. The lowest BCUT2D eigenvalue weighted by Gasteiger charge is -1.95. The molecule has 0 aliphatic carbocycles. The molecule has 1 aromatic carbocycles. The Hall–Kier alpha value is -1.54. The summed E-state index contributed by atoms with van der Waals surface area (Å²) >= 11 is 5.72. The van der Waals surface area contributed by atoms with Crippen LogP contribution < -0.4 is 0 Å². The Morgan fingerprint density at radius 1 is 1.00 bits per heavy atom. The molecule has 0 spiro atoms. The van der Waals surface area contributed by atoms with E-state index in [4.69, 9.17) is 16.7 Å². The third kappa shape index (κ3) is 4.32. The lowest BCUT2D eigenvalue weighted by atomic mass is 10.3. The number of phenols is 1. The van der Waals surface area contributed by atoms with Crippen molar-refractivity contribution in [2.45, 2.75) is 13.8 Å². The predicted octanol–water partition coefficient (Wildman–Crippen LogP) is 3.74. The van der Waals surface area contributed by atoms with Gasteiger partial charge < -0.3 is 5.11 Å². The molecular formula is C13H14ClNO. The molecule has 0 bridgehead atoms. The highest BCUT2D eigenvalue weighted by molar-refractivity contribution is 6.31. The van der Waals surface area contributed by atoms with Crippen LogP contribution in [0.2, 0.25) is 5.02 Å². The first-order chi connectivity index (χ1) is 7.59. The van der Waals surface area contributed by atoms with Crippen LogP contribution in [0, 0.1) is 13.8 Å². The van der Waals surface area contributed by atoms with Crippen LogP contribution in [0.5, 0.6) is 5.75 Å². The van der Waals surface area contributed by atoms with Gasteiger partial charge in [0, 0.05) is 5.69 Å². The zero-order chi connectivity index (χ0) is 12.0. The van der Waals surface area contributed by atoms with Crippen LogP contribution in [0.4, 0.5) is 0 Å². The van der Waals surface area contributed by atoms with Gasteiger partial charge in [0.15, 0.2) is 0 Å². The number of para-hydroxylation sites is 1. The number of hydrogen-bond donors (Lipinski definition) is 1. The zero-order valence-electron chi connectivity index (χ0n) is 9.31. The number of aryl methyl sites for hydroxylation is 2. The highest BCUT2D eigenvalue weighted by atomic mass is 35.5. The number of aromatic nitrogens is 1. The molecule has 0 aliphatic heterocycles. The van der Waals surface area contributed by atoms with Crippen molar-refractivity contribution in [1.29, 1.82) is 0 Å². The summed E-state index contributed by atoms with van der Waals surface area (Å²) in [5, 5.41) is 9.37. The van der Waals surface area contributed by atoms with Gasteiger partial charge in [0.2, 0.25) is 0 Å². The highest BCUT2D eigenvalue weighted by Gasteiger charge is 1.92. The largest absolute Gasteiger partial charge is 0.508 e. The Balaban J connectivity index is 0.000000165. The maximum atomic E-state index is 8.63. The Morgan fingerprint density at radius 2 is 1.62 bits per heavy atom. The maximum Gasteiger partial charge on any atom is 0.115 e. The van der Waals surface area contributed by atoms with Crippen molar-refractivity contribution in [3.8, 4) is 5.75 Å². The average molecular weight is 236 g/mol. The van der Waals surface area contributed by atoms with E-state index >= 15 is 0 Å². The van der Waals surface area contributed by atoms with Crippen LogP contribution in [0.3, 0.4) is 0 Å². The van der Waals surface area contributed by atoms with Crippen LogP contribution >= 0.6 is 11.6 Å². The van der Waals surface area contributed by atoms with Crippen LogP contribution in [0.25, 0.3) is 0 Å². The van der Waals surface area contributed by atoms with E-state index in [1.807, 2.05) is 32.0 Å². The van der Waals surface area contributed by atoms with Crippen LogP contribution in [-0.2, 0) is 0 Å². The first kappa shape index (κ1) is 12.5. The summed E-state index contributed by atoms with van der Waals surface area (Å²) in [6, 6.07) is 12.5. The fraction of sp³-hybridized carbons (Fsp3) is 0.154. The van der Waals surface area contributed by atoms with E-state index in [0.29, 0.717) is 5.75 Å². The molecule has 1 N–H and O–H groups in total. The topological polar surface area (TPSA) is 33.1 Å². The van der Waals surface area contributed by atoms with Gasteiger partial charge in [-0.2, -0.15) is 0 Å². The van der Waals surface area contributed by atoms with Gasteiger partial charge in [-0.05, 0) is 38.1 Å². The molecule has 0 radical (unpaired) electrons. The number of nitrogens with zero attached hydrogens (tertiary/aromatic N) is 1. The Morgan fingerprint density at radius 3 is 2.00 bits per heavy atom. The molecular weight excluding hydrogens is 222 g/mol. The van der Waals surface area contributed by atoms with E-state index < -0.39 is 0 Å². The molecule has 0 atom stereocenters. The van der Waals surface area contributed by atoms with Gasteiger partial charge in [-0.15, -0.1) is 0 Å². The second-order valence-electron chi connectivity index (χ2n) is 3.36. The van der Waals surface area contributed by atoms with E-state index in [2.05, 4.69) is 4.98 Å². The predicted molar refractivity (Wildman–Crippen MR) is 66.8 cm³/mol. The zero-order valence-corrected chi connectivity index (χ0v) is 10.1. The number of phenolic OH excluding ortho intramolecular Hbond substituents is 1. The van der Waals surface area contributed by atoms with Gasteiger partial charge >= 0.3 is 0 Å². The minimum atomic E-state index is 0.322. The van der Waals surface area contributed by atoms with Crippen molar-refractivity contribution in [3.63, 3.8) is 0 Å². The molecule has 84 valence electrons. The van der Waals surface area contributed by atoms with E-state index in [0.717, 1.165) is 16.4 Å². The molecule has 0 aliphatic rings. The number of hydrogen-bond acceptors (Lipinski definition) is 2. The molecule has 2 rings (SSSR count). The Labute approximate surface area is 101 Å². The number of halogens is 1. The summed E-state index contributed by atoms with van der Waals surface area (Å²) in [6.07, 6.45) is 0. The molecule has 1 aromatic heterocycles. The number of aromatic hydroxyl groups is 1. The molecule has 2 aromatic rings. The Bertz CT molecular complexity index is 443. The van der Waals surface area contributed by atoms with Gasteiger partial charge in [-0.1, -0.05) is 29.8 Å². The maximum absolute atomic E-state index is 8.63. The van der Waals surface area contributed by atoms with Gasteiger partial charge in [0.1, 0.15) is 5.75 Å². The molecule has 3 heteroatoms. The molecule has 0 amide bonds. The second-order valence-corrected chi connectivity index (χ2v) is 3.76. The molecule has 0 saturated heterocycles. The summed E-state index contributed by atoms with van der Waals surface area (Å²) in [5.41, 5.74) is 1.91. The summed E-state index contributed by atoms with van der Waals surface area (Å²) in [7, 11) is 0. The van der Waals surface area contributed by atoms with E-state index in [1.54, 1.807) is 24.3 Å². The van der Waals surface area contributed by atoms with Crippen molar-refractivity contribution in [2.24, 2.45) is 0 Å². The van der Waals surface area contributed by atoms with E-state index in [-0.39, 0.29) is 0 Å². The minimum Gasteiger partial charge on any atom is -0.508 e. The van der Waals surface area contributed by atoms with Crippen molar-refractivity contribution in [3.05, 3.63) is 58.9 Å². The molecule has 0 unspecified atom stereocenters. The SMILES string of the molecule is Cc1ccc(Cl)c(C)n1.Oc1ccccc1. The fourth-order valence-electron chi connectivity index (χ4n) is 1.10. The first-order valence-electron chi connectivity index (χ1n) is 4.93. The van der Waals surface area contributed by atoms with Crippen molar-refractivity contribution in [1.82, 2.24) is 4.98 Å². The summed E-state index contributed by atoms with van der Waals surface area (Å²) in [6.45, 7) is 3.85. The van der Waals surface area contributed by atoms with Crippen molar-refractivity contribution >= 4 is 11.6 Å². The first-order valence-corrected chi connectivity index (χ1v) is 5.31. The fourth-order valence-corrected chi connectivity index (χ4v) is 1.20. The van der Waals surface area contributed by atoms with E-state index in [9.17, 15) is 0 Å². The van der Waals surface area contributed by atoms with Gasteiger partial charge in [-0.25, -0.2) is 0 Å². The molecule has 0 saturated carbocycles. The Kier molecular flexibility index (Phi) is 4.80. The third-order valence-corrected chi connectivity index (χ3v) is 2.32. The normalized spacial score (nSPS) is 9.19. The molecule has 1 heterocycles. The number of rotatable bonds is 0. The van der Waals surface area contributed by atoms with Gasteiger partial charge in [0.25, 0.3) is 0 Å². The highest BCUT2D eigenvalue weighted by Crippen LogP contribution is 2.11. The number of pyridine rings is 1. The van der Waals surface area contributed by atoms with Crippen molar-refractivity contribution in [2.75, 3.05) is 0 Å². The summed E-state index contributed by atoms with van der Waals surface area (Å²) in [5.74, 6) is 0.322. The quantitative estimate of drug-likeness (QED) is 0.755. The van der Waals surface area contributed by atoms with Crippen LogP contribution in [-0.4, -0.2) is 10.1 Å². The lowest BCUT2D eigenvalue weighted by Crippen LogP contribution is -1.84. The van der Waals surface area contributed by atoms with Crippen LogP contribution in [0.1, 0.15) is 11.4 Å². The third-order valence-electron chi connectivity index (χ3n) is 1.92. The molecule has 16 heavy (non-hydrogen) atoms. The smallest absolute Gasteiger partial charge is 0.115 e. The van der Waals surface area contributed by atoms with Gasteiger partial charge in [-0.3, -0.25) is 4.98 Å². The molecule has 0 fully saturated rings. The van der Waals surface area contributed by atoms with Gasteiger partial charge in [0.05, 0.1) is 10.7 Å². The molecule has 2 nitrogen and oxygen atoms in total. The van der Waals surface area contributed by atoms with Crippen molar-refractivity contribution < 1.29 is 5.11 Å². The summed E-state index contributed by atoms with van der Waals surface area (Å²) < 4.78 is 0.